The van der Waals surface area contributed by atoms with Crippen LogP contribution in [0.3, 0.4) is 0 Å². The van der Waals surface area contributed by atoms with E-state index < -0.39 is 0 Å². The van der Waals surface area contributed by atoms with Gasteiger partial charge in [-0.1, -0.05) is 11.8 Å². The lowest BCUT2D eigenvalue weighted by molar-refractivity contribution is -0.123. The van der Waals surface area contributed by atoms with Gasteiger partial charge in [0.25, 0.3) is 0 Å². The predicted molar refractivity (Wildman–Crippen MR) is 84.8 cm³/mol. The van der Waals surface area contributed by atoms with Gasteiger partial charge in [0.05, 0.1) is 17.9 Å². The van der Waals surface area contributed by atoms with Gasteiger partial charge in [0, 0.05) is 22.2 Å². The van der Waals surface area contributed by atoms with E-state index in [0.717, 1.165) is 29.0 Å². The van der Waals surface area contributed by atoms with Crippen LogP contribution in [0.5, 0.6) is 0 Å². The van der Waals surface area contributed by atoms with Crippen LogP contribution in [0, 0.1) is 11.8 Å². The van der Waals surface area contributed by atoms with Crippen molar-refractivity contribution in [3.05, 3.63) is 21.9 Å². The Labute approximate surface area is 128 Å². The molecule has 1 aliphatic heterocycles. The van der Waals surface area contributed by atoms with Gasteiger partial charge < -0.3 is 10.4 Å². The number of aliphatic hydroxyl groups is 1. The van der Waals surface area contributed by atoms with Crippen molar-refractivity contribution in [3.8, 4) is 11.8 Å². The highest BCUT2D eigenvalue weighted by atomic mass is 32.2. The summed E-state index contributed by atoms with van der Waals surface area (Å²) in [6, 6.07) is 2.00. The lowest BCUT2D eigenvalue weighted by Gasteiger charge is -2.21. The Morgan fingerprint density at radius 1 is 1.60 bits per heavy atom. The van der Waals surface area contributed by atoms with Gasteiger partial charge in [-0.3, -0.25) is 4.79 Å². The number of thiophene rings is 1. The van der Waals surface area contributed by atoms with Crippen LogP contribution in [-0.2, 0) is 11.3 Å². The Bertz CT molecular complexity index is 521. The molecule has 1 atom stereocenters. The zero-order valence-corrected chi connectivity index (χ0v) is 13.2. The lowest BCUT2D eigenvalue weighted by atomic mass is 10.1. The van der Waals surface area contributed by atoms with Crippen LogP contribution in [0.1, 0.15) is 36.6 Å². The fourth-order valence-electron chi connectivity index (χ4n) is 2.07. The molecule has 2 rings (SSSR count). The number of nitrogens with one attached hydrogen (secondary N) is 1. The predicted octanol–water partition coefficient (Wildman–Crippen LogP) is 2.38. The summed E-state index contributed by atoms with van der Waals surface area (Å²) in [6.07, 6.45) is 2.58. The molecule has 0 saturated carbocycles. The zero-order valence-electron chi connectivity index (χ0n) is 11.6. The maximum atomic E-state index is 12.2. The maximum Gasteiger partial charge on any atom is 0.236 e. The molecule has 1 amide bonds. The van der Waals surface area contributed by atoms with Gasteiger partial charge in [-0.05, 0) is 31.6 Å². The quantitative estimate of drug-likeness (QED) is 0.840. The van der Waals surface area contributed by atoms with Crippen LogP contribution in [0.4, 0.5) is 0 Å². The van der Waals surface area contributed by atoms with Gasteiger partial charge in [-0.15, -0.1) is 23.1 Å². The molecule has 0 spiro atoms. The summed E-state index contributed by atoms with van der Waals surface area (Å²) >= 11 is 3.36. The third-order valence-corrected chi connectivity index (χ3v) is 5.70. The molecule has 0 bridgehead atoms. The topological polar surface area (TPSA) is 49.3 Å². The molecule has 1 saturated heterocycles. The fraction of sp³-hybridized carbons (Fsp3) is 0.533. The summed E-state index contributed by atoms with van der Waals surface area (Å²) in [5, 5.41) is 13.7. The van der Waals surface area contributed by atoms with E-state index in [0.29, 0.717) is 13.0 Å². The molecule has 0 aliphatic carbocycles. The molecular weight excluding hydrogens is 290 g/mol. The van der Waals surface area contributed by atoms with E-state index in [9.17, 15) is 4.79 Å². The second-order valence-electron chi connectivity index (χ2n) is 4.94. The first-order valence-electron chi connectivity index (χ1n) is 6.73. The minimum Gasteiger partial charge on any atom is -0.395 e. The summed E-state index contributed by atoms with van der Waals surface area (Å²) in [5.74, 6) is 7.11. The molecular formula is C15H19NO2S2. The van der Waals surface area contributed by atoms with Crippen LogP contribution in [0.15, 0.2) is 11.4 Å². The summed E-state index contributed by atoms with van der Waals surface area (Å²) in [4.78, 5) is 13.3. The Hall–Kier alpha value is -0.960. The molecule has 2 N–H and O–H groups in total. The number of hydrogen-bond acceptors (Lipinski definition) is 4. The van der Waals surface area contributed by atoms with Crippen LogP contribution in [0.25, 0.3) is 0 Å². The summed E-state index contributed by atoms with van der Waals surface area (Å²) < 4.78 is -0.249. The van der Waals surface area contributed by atoms with Crippen LogP contribution in [0.2, 0.25) is 0 Å². The Kier molecular flexibility index (Phi) is 5.53. The number of aliphatic hydroxyl groups excluding tert-OH is 1. The van der Waals surface area contributed by atoms with Crippen molar-refractivity contribution in [2.45, 2.75) is 37.5 Å². The molecule has 20 heavy (non-hydrogen) atoms. The molecule has 2 heterocycles. The van der Waals surface area contributed by atoms with Gasteiger partial charge in [0.1, 0.15) is 0 Å². The van der Waals surface area contributed by atoms with Gasteiger partial charge in [0.15, 0.2) is 0 Å². The van der Waals surface area contributed by atoms with Gasteiger partial charge in [-0.2, -0.15) is 0 Å². The molecule has 3 nitrogen and oxygen atoms in total. The van der Waals surface area contributed by atoms with Crippen molar-refractivity contribution in [3.63, 3.8) is 0 Å². The number of thioether (sulfide) groups is 1. The average molecular weight is 309 g/mol. The van der Waals surface area contributed by atoms with Crippen LogP contribution in [-0.4, -0.2) is 28.1 Å². The highest BCUT2D eigenvalue weighted by Gasteiger charge is 2.36. The van der Waals surface area contributed by atoms with Crippen LogP contribution >= 0.6 is 23.1 Å². The molecule has 0 aromatic carbocycles. The van der Waals surface area contributed by atoms with Crippen molar-refractivity contribution in [1.29, 1.82) is 0 Å². The van der Waals surface area contributed by atoms with E-state index in [2.05, 4.69) is 17.2 Å². The first-order valence-corrected chi connectivity index (χ1v) is 8.60. The van der Waals surface area contributed by atoms with Gasteiger partial charge >= 0.3 is 0 Å². The first-order chi connectivity index (χ1) is 9.64. The minimum atomic E-state index is -0.249. The lowest BCUT2D eigenvalue weighted by Crippen LogP contribution is -2.39. The molecule has 1 fully saturated rings. The Balaban J connectivity index is 1.85. The fourth-order valence-corrected chi connectivity index (χ4v) is 4.06. The molecule has 1 aliphatic rings. The third kappa shape index (κ3) is 4.02. The van der Waals surface area contributed by atoms with Crippen molar-refractivity contribution in [2.75, 3.05) is 12.4 Å². The second-order valence-corrected chi connectivity index (χ2v) is 7.54. The first kappa shape index (κ1) is 15.4. The summed E-state index contributed by atoms with van der Waals surface area (Å²) in [5.41, 5.74) is 0.953. The SMILES string of the molecule is CC1(C(=O)NCc2cc(C#CCCO)cs2)CCCS1. The molecule has 108 valence electrons. The summed E-state index contributed by atoms with van der Waals surface area (Å²) in [6.45, 7) is 2.69. The van der Waals surface area contributed by atoms with E-state index >= 15 is 0 Å². The molecule has 1 aromatic heterocycles. The maximum absolute atomic E-state index is 12.2. The molecule has 5 heteroatoms. The second kappa shape index (κ2) is 7.16. The molecule has 1 unspecified atom stereocenters. The molecule has 1 aromatic rings. The molecule has 0 radical (unpaired) electrons. The van der Waals surface area contributed by atoms with E-state index in [4.69, 9.17) is 5.11 Å². The third-order valence-electron chi connectivity index (χ3n) is 3.25. The standard InChI is InChI=1S/C15H19NO2S2/c1-15(6-4-8-20-15)14(18)16-10-13-9-12(11-19-13)5-2-3-7-17/h9,11,17H,3-4,6-8,10H2,1H3,(H,16,18). The zero-order chi connectivity index (χ0) is 14.4. The summed E-state index contributed by atoms with van der Waals surface area (Å²) in [7, 11) is 0. The normalized spacial score (nSPS) is 21.3. The minimum absolute atomic E-state index is 0.0936. The smallest absolute Gasteiger partial charge is 0.236 e. The van der Waals surface area contributed by atoms with Crippen molar-refractivity contribution < 1.29 is 9.90 Å². The number of carbonyl (C=O) groups excluding carboxylic acids is 1. The number of amides is 1. The Morgan fingerprint density at radius 2 is 2.45 bits per heavy atom. The van der Waals surface area contributed by atoms with E-state index in [-0.39, 0.29) is 17.3 Å². The monoisotopic (exact) mass is 309 g/mol. The van der Waals surface area contributed by atoms with Gasteiger partial charge in [-0.25, -0.2) is 0 Å². The Morgan fingerprint density at radius 3 is 3.15 bits per heavy atom. The van der Waals surface area contributed by atoms with Crippen LogP contribution < -0.4 is 5.32 Å². The number of hydrogen-bond donors (Lipinski definition) is 2. The number of carbonyl (C=O) groups is 1. The van der Waals surface area contributed by atoms with E-state index in [1.807, 2.05) is 18.4 Å². The van der Waals surface area contributed by atoms with Crippen molar-refractivity contribution in [2.24, 2.45) is 0 Å². The van der Waals surface area contributed by atoms with E-state index in [1.54, 1.807) is 23.1 Å². The van der Waals surface area contributed by atoms with Crippen molar-refractivity contribution >= 4 is 29.0 Å². The largest absolute Gasteiger partial charge is 0.395 e. The van der Waals surface area contributed by atoms with Gasteiger partial charge in [0.2, 0.25) is 5.91 Å². The number of rotatable bonds is 4. The van der Waals surface area contributed by atoms with E-state index in [1.165, 1.54) is 0 Å². The van der Waals surface area contributed by atoms with Crippen molar-refractivity contribution in [1.82, 2.24) is 5.32 Å². The highest BCUT2D eigenvalue weighted by Crippen LogP contribution is 2.37. The average Bonchev–Trinajstić information content (AvgIpc) is 3.06. The highest BCUT2D eigenvalue weighted by molar-refractivity contribution is 8.01.